The average Bonchev–Trinajstić information content (AvgIpc) is 2.75. The Morgan fingerprint density at radius 2 is 1.89 bits per heavy atom. The van der Waals surface area contributed by atoms with E-state index in [0.29, 0.717) is 19.8 Å². The first kappa shape index (κ1) is 13.4. The number of benzene rings is 1. The van der Waals surface area contributed by atoms with Crippen LogP contribution in [0.5, 0.6) is 0 Å². The fraction of sp³-hybridized carbons (Fsp3) is 0.429. The lowest BCUT2D eigenvalue weighted by Gasteiger charge is -2.18. The Balaban J connectivity index is 2.22. The van der Waals surface area contributed by atoms with Crippen LogP contribution in [0.4, 0.5) is 0 Å². The van der Waals surface area contributed by atoms with Crippen molar-refractivity contribution in [1.29, 1.82) is 0 Å². The van der Waals surface area contributed by atoms with Crippen molar-refractivity contribution in [3.05, 3.63) is 35.5 Å². The van der Waals surface area contributed by atoms with Crippen LogP contribution in [0.2, 0.25) is 5.02 Å². The standard InChI is InChI=1S/C14H18ClNO2/c1-3-17-14(18-4-2)10-16-9-8-11-12(15)6-5-7-13(11)16/h5-9,14H,3-4,10H2,1-2H3. The molecule has 1 aromatic carbocycles. The number of hydrogen-bond acceptors (Lipinski definition) is 2. The van der Waals surface area contributed by atoms with Gasteiger partial charge in [0.1, 0.15) is 0 Å². The molecule has 0 bridgehead atoms. The van der Waals surface area contributed by atoms with Crippen LogP contribution in [-0.2, 0) is 16.0 Å². The minimum absolute atomic E-state index is 0.213. The lowest BCUT2D eigenvalue weighted by Crippen LogP contribution is -2.23. The van der Waals surface area contributed by atoms with Crippen LogP contribution >= 0.6 is 11.6 Å². The highest BCUT2D eigenvalue weighted by molar-refractivity contribution is 6.35. The van der Waals surface area contributed by atoms with E-state index >= 15 is 0 Å². The molecule has 0 spiro atoms. The first-order valence-corrected chi connectivity index (χ1v) is 6.60. The van der Waals surface area contributed by atoms with Gasteiger partial charge in [-0.05, 0) is 32.0 Å². The van der Waals surface area contributed by atoms with E-state index in [1.165, 1.54) is 0 Å². The van der Waals surface area contributed by atoms with E-state index in [-0.39, 0.29) is 6.29 Å². The van der Waals surface area contributed by atoms with Gasteiger partial charge in [0.25, 0.3) is 0 Å². The molecule has 2 rings (SSSR count). The average molecular weight is 268 g/mol. The van der Waals surface area contributed by atoms with Crippen molar-refractivity contribution in [3.8, 4) is 0 Å². The molecule has 0 unspecified atom stereocenters. The summed E-state index contributed by atoms with van der Waals surface area (Å²) in [5.74, 6) is 0. The maximum Gasteiger partial charge on any atom is 0.175 e. The first-order chi connectivity index (χ1) is 8.76. The summed E-state index contributed by atoms with van der Waals surface area (Å²) in [5, 5.41) is 1.83. The molecule has 0 aliphatic carbocycles. The highest BCUT2D eigenvalue weighted by Gasteiger charge is 2.11. The molecule has 0 fully saturated rings. The van der Waals surface area contributed by atoms with Gasteiger partial charge in [-0.3, -0.25) is 0 Å². The number of aromatic nitrogens is 1. The van der Waals surface area contributed by atoms with E-state index in [1.807, 2.05) is 38.2 Å². The summed E-state index contributed by atoms with van der Waals surface area (Å²) < 4.78 is 13.2. The highest BCUT2D eigenvalue weighted by Crippen LogP contribution is 2.24. The third-order valence-corrected chi connectivity index (χ3v) is 3.14. The van der Waals surface area contributed by atoms with Crippen molar-refractivity contribution in [1.82, 2.24) is 4.57 Å². The van der Waals surface area contributed by atoms with Gasteiger partial charge in [-0.15, -0.1) is 0 Å². The van der Waals surface area contributed by atoms with Crippen molar-refractivity contribution >= 4 is 22.5 Å². The van der Waals surface area contributed by atoms with Crippen molar-refractivity contribution in [2.24, 2.45) is 0 Å². The van der Waals surface area contributed by atoms with Gasteiger partial charge in [0.05, 0.1) is 6.54 Å². The normalized spacial score (nSPS) is 11.6. The molecule has 18 heavy (non-hydrogen) atoms. The zero-order chi connectivity index (χ0) is 13.0. The fourth-order valence-electron chi connectivity index (χ4n) is 2.03. The molecule has 0 atom stereocenters. The van der Waals surface area contributed by atoms with Gasteiger partial charge in [-0.2, -0.15) is 0 Å². The Hall–Kier alpha value is -1.03. The van der Waals surface area contributed by atoms with Gasteiger partial charge in [-0.25, -0.2) is 0 Å². The number of hydrogen-bond donors (Lipinski definition) is 0. The van der Waals surface area contributed by atoms with Crippen LogP contribution in [-0.4, -0.2) is 24.1 Å². The number of halogens is 1. The van der Waals surface area contributed by atoms with Gasteiger partial charge < -0.3 is 14.0 Å². The smallest absolute Gasteiger partial charge is 0.175 e. The van der Waals surface area contributed by atoms with Gasteiger partial charge in [0.2, 0.25) is 0 Å². The molecule has 1 heterocycles. The van der Waals surface area contributed by atoms with Crippen LogP contribution < -0.4 is 0 Å². The van der Waals surface area contributed by atoms with Crippen LogP contribution in [0.3, 0.4) is 0 Å². The molecule has 98 valence electrons. The molecule has 4 heteroatoms. The predicted molar refractivity (Wildman–Crippen MR) is 74.0 cm³/mol. The molecule has 1 aromatic heterocycles. The zero-order valence-electron chi connectivity index (χ0n) is 10.7. The van der Waals surface area contributed by atoms with Gasteiger partial charge in [-0.1, -0.05) is 17.7 Å². The third kappa shape index (κ3) is 2.86. The Morgan fingerprint density at radius 1 is 1.17 bits per heavy atom. The van der Waals surface area contributed by atoms with Crippen LogP contribution in [0.1, 0.15) is 13.8 Å². The van der Waals surface area contributed by atoms with Crippen LogP contribution in [0.15, 0.2) is 30.5 Å². The summed E-state index contributed by atoms with van der Waals surface area (Å²) >= 11 is 6.15. The van der Waals surface area contributed by atoms with Gasteiger partial charge in [0, 0.05) is 35.3 Å². The summed E-state index contributed by atoms with van der Waals surface area (Å²) in [5.41, 5.74) is 1.10. The Morgan fingerprint density at radius 3 is 2.56 bits per heavy atom. The zero-order valence-corrected chi connectivity index (χ0v) is 11.5. The molecule has 0 saturated carbocycles. The molecule has 0 amide bonds. The summed E-state index contributed by atoms with van der Waals surface area (Å²) in [6.45, 7) is 5.90. The van der Waals surface area contributed by atoms with Crippen molar-refractivity contribution < 1.29 is 9.47 Å². The Kier molecular flexibility index (Phi) is 4.64. The maximum atomic E-state index is 6.15. The summed E-state index contributed by atoms with van der Waals surface area (Å²) in [6.07, 6.45) is 1.80. The largest absolute Gasteiger partial charge is 0.351 e. The minimum Gasteiger partial charge on any atom is -0.351 e. The molecule has 0 radical (unpaired) electrons. The molecule has 0 N–H and O–H groups in total. The minimum atomic E-state index is -0.213. The summed E-state index contributed by atoms with van der Waals surface area (Å²) in [7, 11) is 0. The third-order valence-electron chi connectivity index (χ3n) is 2.81. The van der Waals surface area contributed by atoms with Crippen LogP contribution in [0, 0.1) is 0 Å². The Labute approximate surface area is 112 Å². The van der Waals surface area contributed by atoms with Gasteiger partial charge in [0.15, 0.2) is 6.29 Å². The second-order valence-electron chi connectivity index (χ2n) is 3.98. The van der Waals surface area contributed by atoms with E-state index in [0.717, 1.165) is 15.9 Å². The van der Waals surface area contributed by atoms with E-state index < -0.39 is 0 Å². The maximum absolute atomic E-state index is 6.15. The van der Waals surface area contributed by atoms with Crippen molar-refractivity contribution in [2.75, 3.05) is 13.2 Å². The molecule has 0 saturated heterocycles. The molecule has 3 nitrogen and oxygen atoms in total. The van der Waals surface area contributed by atoms with Crippen molar-refractivity contribution in [3.63, 3.8) is 0 Å². The monoisotopic (exact) mass is 267 g/mol. The summed E-state index contributed by atoms with van der Waals surface area (Å²) in [4.78, 5) is 0. The lowest BCUT2D eigenvalue weighted by molar-refractivity contribution is -0.143. The van der Waals surface area contributed by atoms with E-state index in [2.05, 4.69) is 10.6 Å². The van der Waals surface area contributed by atoms with E-state index in [9.17, 15) is 0 Å². The SMILES string of the molecule is CCOC(Cn1ccc2c(Cl)cccc21)OCC. The molecule has 0 aliphatic rings. The number of nitrogens with zero attached hydrogens (tertiary/aromatic N) is 1. The van der Waals surface area contributed by atoms with Gasteiger partial charge >= 0.3 is 0 Å². The first-order valence-electron chi connectivity index (χ1n) is 6.22. The number of rotatable bonds is 6. The second-order valence-corrected chi connectivity index (χ2v) is 4.39. The molecule has 0 aliphatic heterocycles. The molecular weight excluding hydrogens is 250 g/mol. The van der Waals surface area contributed by atoms with Crippen LogP contribution in [0.25, 0.3) is 10.9 Å². The second kappa shape index (κ2) is 6.23. The van der Waals surface area contributed by atoms with E-state index in [4.69, 9.17) is 21.1 Å². The molecule has 2 aromatic rings. The van der Waals surface area contributed by atoms with Crippen molar-refractivity contribution in [2.45, 2.75) is 26.7 Å². The molecular formula is C14H18ClNO2. The quantitative estimate of drug-likeness (QED) is 0.745. The highest BCUT2D eigenvalue weighted by atomic mass is 35.5. The topological polar surface area (TPSA) is 23.4 Å². The lowest BCUT2D eigenvalue weighted by atomic mass is 10.2. The summed E-state index contributed by atoms with van der Waals surface area (Å²) in [6, 6.07) is 7.93. The fourth-order valence-corrected chi connectivity index (χ4v) is 2.26. The number of ether oxygens (including phenoxy) is 2. The Bertz CT molecular complexity index is 503. The predicted octanol–water partition coefficient (Wildman–Crippen LogP) is 3.69. The number of fused-ring (bicyclic) bond motifs is 1. The van der Waals surface area contributed by atoms with E-state index in [1.54, 1.807) is 0 Å².